The van der Waals surface area contributed by atoms with E-state index >= 15 is 0 Å². The number of aliphatic hydroxyl groups excluding tert-OH is 1. The summed E-state index contributed by atoms with van der Waals surface area (Å²) < 4.78 is 5.76. The molecule has 1 saturated heterocycles. The highest BCUT2D eigenvalue weighted by molar-refractivity contribution is 5.38. The summed E-state index contributed by atoms with van der Waals surface area (Å²) in [6, 6.07) is 6.05. The molecule has 106 valence electrons. The zero-order valence-electron chi connectivity index (χ0n) is 12.1. The van der Waals surface area contributed by atoms with Crippen molar-refractivity contribution in [1.29, 1.82) is 0 Å². The fourth-order valence-corrected chi connectivity index (χ4v) is 2.71. The minimum Gasteiger partial charge on any atom is -0.490 e. The van der Waals surface area contributed by atoms with Crippen molar-refractivity contribution in [2.45, 2.75) is 39.2 Å². The third kappa shape index (κ3) is 4.22. The number of nitrogens with one attached hydrogen (secondary N) is 1. The Hall–Kier alpha value is -1.06. The summed E-state index contributed by atoms with van der Waals surface area (Å²) in [5.41, 5.74) is 2.40. The van der Waals surface area contributed by atoms with Gasteiger partial charge in [0.05, 0.1) is 13.1 Å². The quantitative estimate of drug-likeness (QED) is 0.835. The summed E-state index contributed by atoms with van der Waals surface area (Å²) in [4.78, 5) is 1.52. The van der Waals surface area contributed by atoms with E-state index in [2.05, 4.69) is 19.9 Å². The van der Waals surface area contributed by atoms with Crippen LogP contribution >= 0.6 is 0 Å². The van der Waals surface area contributed by atoms with E-state index in [9.17, 15) is 5.11 Å². The van der Waals surface area contributed by atoms with Gasteiger partial charge in [0.2, 0.25) is 0 Å². The standard InChI is InChI=1S/C16H25NO2/c1-13-7-6-8-16(14(13)2)19-12-15(18)11-17-9-4-3-5-10-17/h6-8,15,18H,3-5,9-12H2,1-2H3/p+1/t15-/m1/s1. The van der Waals surface area contributed by atoms with Crippen LogP contribution in [0, 0.1) is 13.8 Å². The van der Waals surface area contributed by atoms with E-state index in [4.69, 9.17) is 4.74 Å². The smallest absolute Gasteiger partial charge is 0.137 e. The zero-order valence-corrected chi connectivity index (χ0v) is 12.1. The molecule has 0 radical (unpaired) electrons. The molecule has 1 aromatic rings. The number of benzene rings is 1. The van der Waals surface area contributed by atoms with Crippen LogP contribution in [0.25, 0.3) is 0 Å². The number of rotatable bonds is 5. The third-order valence-electron chi connectivity index (χ3n) is 4.07. The lowest BCUT2D eigenvalue weighted by molar-refractivity contribution is -0.908. The molecule has 19 heavy (non-hydrogen) atoms. The van der Waals surface area contributed by atoms with E-state index in [0.29, 0.717) is 6.61 Å². The van der Waals surface area contributed by atoms with Gasteiger partial charge in [-0.15, -0.1) is 0 Å². The van der Waals surface area contributed by atoms with Crippen LogP contribution in [0.3, 0.4) is 0 Å². The van der Waals surface area contributed by atoms with Gasteiger partial charge < -0.3 is 14.7 Å². The van der Waals surface area contributed by atoms with E-state index in [1.54, 1.807) is 0 Å². The van der Waals surface area contributed by atoms with Gasteiger partial charge in [0.15, 0.2) is 0 Å². The summed E-state index contributed by atoms with van der Waals surface area (Å²) in [6.07, 6.45) is 3.56. The summed E-state index contributed by atoms with van der Waals surface area (Å²) >= 11 is 0. The number of piperidine rings is 1. The number of aliphatic hydroxyl groups is 1. The van der Waals surface area contributed by atoms with E-state index in [-0.39, 0.29) is 6.10 Å². The normalized spacial score (nSPS) is 18.3. The van der Waals surface area contributed by atoms with Crippen LogP contribution in [0.2, 0.25) is 0 Å². The summed E-state index contributed by atoms with van der Waals surface area (Å²) in [7, 11) is 0. The van der Waals surface area contributed by atoms with Gasteiger partial charge in [0.25, 0.3) is 0 Å². The van der Waals surface area contributed by atoms with Gasteiger partial charge >= 0.3 is 0 Å². The van der Waals surface area contributed by atoms with Crippen LogP contribution in [0.4, 0.5) is 0 Å². The number of hydrogen-bond acceptors (Lipinski definition) is 2. The Kier molecular flexibility index (Phi) is 5.23. The summed E-state index contributed by atoms with van der Waals surface area (Å²) in [6.45, 7) is 7.74. The third-order valence-corrected chi connectivity index (χ3v) is 4.07. The molecule has 2 rings (SSSR count). The van der Waals surface area contributed by atoms with Crippen molar-refractivity contribution in [3.05, 3.63) is 29.3 Å². The highest BCUT2D eigenvalue weighted by atomic mass is 16.5. The van der Waals surface area contributed by atoms with Crippen molar-refractivity contribution < 1.29 is 14.7 Å². The number of ether oxygens (including phenoxy) is 1. The molecule has 1 atom stereocenters. The molecule has 1 aliphatic rings. The fourth-order valence-electron chi connectivity index (χ4n) is 2.71. The molecule has 1 fully saturated rings. The number of quaternary nitrogens is 1. The van der Waals surface area contributed by atoms with Crippen LogP contribution in [0.5, 0.6) is 5.75 Å². The summed E-state index contributed by atoms with van der Waals surface area (Å²) in [5.74, 6) is 0.896. The molecule has 0 aromatic heterocycles. The topological polar surface area (TPSA) is 33.9 Å². The number of likely N-dealkylation sites (tertiary alicyclic amines) is 1. The Morgan fingerprint density at radius 2 is 1.95 bits per heavy atom. The molecule has 0 saturated carbocycles. The van der Waals surface area contributed by atoms with Crippen LogP contribution in [-0.4, -0.2) is 37.5 Å². The van der Waals surface area contributed by atoms with Crippen molar-refractivity contribution >= 4 is 0 Å². The molecule has 1 aromatic carbocycles. The first kappa shape index (κ1) is 14.4. The maximum absolute atomic E-state index is 10.1. The lowest BCUT2D eigenvalue weighted by Gasteiger charge is -2.25. The van der Waals surface area contributed by atoms with E-state index in [0.717, 1.165) is 12.3 Å². The predicted molar refractivity (Wildman–Crippen MR) is 76.8 cm³/mol. The molecule has 1 aliphatic heterocycles. The van der Waals surface area contributed by atoms with Gasteiger partial charge in [-0.1, -0.05) is 12.1 Å². The molecule has 2 N–H and O–H groups in total. The van der Waals surface area contributed by atoms with Crippen LogP contribution in [0.1, 0.15) is 30.4 Å². The largest absolute Gasteiger partial charge is 0.490 e. The lowest BCUT2D eigenvalue weighted by atomic mass is 10.1. The zero-order chi connectivity index (χ0) is 13.7. The fraction of sp³-hybridized carbons (Fsp3) is 0.625. The van der Waals surface area contributed by atoms with Gasteiger partial charge in [-0.2, -0.15) is 0 Å². The Bertz CT molecular complexity index is 400. The van der Waals surface area contributed by atoms with E-state index in [1.165, 1.54) is 48.4 Å². The monoisotopic (exact) mass is 264 g/mol. The van der Waals surface area contributed by atoms with Crippen LogP contribution in [-0.2, 0) is 0 Å². The molecule has 0 aliphatic carbocycles. The van der Waals surface area contributed by atoms with Gasteiger partial charge in [-0.3, -0.25) is 0 Å². The van der Waals surface area contributed by atoms with Gasteiger partial charge in [0.1, 0.15) is 25.0 Å². The van der Waals surface area contributed by atoms with Crippen molar-refractivity contribution in [1.82, 2.24) is 0 Å². The predicted octanol–water partition coefficient (Wildman–Crippen LogP) is 1.11. The second-order valence-corrected chi connectivity index (χ2v) is 5.68. The minimum atomic E-state index is -0.368. The maximum atomic E-state index is 10.1. The Balaban J connectivity index is 1.79. The van der Waals surface area contributed by atoms with Crippen LogP contribution in [0.15, 0.2) is 18.2 Å². The molecular formula is C16H26NO2+. The van der Waals surface area contributed by atoms with E-state index < -0.39 is 0 Å². The molecule has 0 unspecified atom stereocenters. The van der Waals surface area contributed by atoms with Crippen LogP contribution < -0.4 is 9.64 Å². The van der Waals surface area contributed by atoms with Gasteiger partial charge in [-0.05, 0) is 50.3 Å². The number of aryl methyl sites for hydroxylation is 1. The highest BCUT2D eigenvalue weighted by Crippen LogP contribution is 2.20. The van der Waals surface area contributed by atoms with Crippen molar-refractivity contribution in [3.8, 4) is 5.75 Å². The van der Waals surface area contributed by atoms with E-state index in [1.807, 2.05) is 12.1 Å². The molecular weight excluding hydrogens is 238 g/mol. The molecule has 3 nitrogen and oxygen atoms in total. The summed E-state index contributed by atoms with van der Waals surface area (Å²) in [5, 5.41) is 10.1. The Labute approximate surface area is 116 Å². The van der Waals surface area contributed by atoms with Gasteiger partial charge in [0, 0.05) is 0 Å². The second-order valence-electron chi connectivity index (χ2n) is 5.68. The SMILES string of the molecule is Cc1cccc(OC[C@H](O)C[NH+]2CCCCC2)c1C. The Morgan fingerprint density at radius 3 is 2.68 bits per heavy atom. The molecule has 3 heteroatoms. The van der Waals surface area contributed by atoms with Crippen molar-refractivity contribution in [3.63, 3.8) is 0 Å². The highest BCUT2D eigenvalue weighted by Gasteiger charge is 2.18. The van der Waals surface area contributed by atoms with Crippen molar-refractivity contribution in [2.75, 3.05) is 26.2 Å². The minimum absolute atomic E-state index is 0.368. The first-order chi connectivity index (χ1) is 9.16. The first-order valence-electron chi connectivity index (χ1n) is 7.37. The molecule has 1 heterocycles. The molecule has 0 amide bonds. The average Bonchev–Trinajstić information content (AvgIpc) is 2.42. The van der Waals surface area contributed by atoms with Crippen molar-refractivity contribution in [2.24, 2.45) is 0 Å². The first-order valence-corrected chi connectivity index (χ1v) is 7.37. The average molecular weight is 264 g/mol. The Morgan fingerprint density at radius 1 is 1.21 bits per heavy atom. The second kappa shape index (κ2) is 6.92. The lowest BCUT2D eigenvalue weighted by Crippen LogP contribution is -3.14. The number of hydrogen-bond donors (Lipinski definition) is 2. The van der Waals surface area contributed by atoms with Gasteiger partial charge in [-0.25, -0.2) is 0 Å². The maximum Gasteiger partial charge on any atom is 0.137 e. The molecule has 0 spiro atoms. The molecule has 0 bridgehead atoms.